The molecule has 142 valence electrons. The largest absolute Gasteiger partial charge is 0.480 e. The molecule has 1 amide bonds. The molecular weight excluding hydrogens is 351 g/mol. The number of carboxylic acid groups (broad SMARTS) is 1. The Morgan fingerprint density at radius 3 is 2.52 bits per heavy atom. The molecule has 1 heterocycles. The molecule has 0 fully saturated rings. The molecule has 1 aliphatic carbocycles. The second-order valence-electron chi connectivity index (χ2n) is 6.76. The number of hydrogen-bond donors (Lipinski definition) is 2. The van der Waals surface area contributed by atoms with Crippen molar-refractivity contribution >= 4 is 11.9 Å². The van der Waals surface area contributed by atoms with Gasteiger partial charge in [0.05, 0.1) is 0 Å². The summed E-state index contributed by atoms with van der Waals surface area (Å²) >= 11 is 0. The van der Waals surface area contributed by atoms with Gasteiger partial charge in [0.1, 0.15) is 17.9 Å². The molecule has 1 aliphatic rings. The molecule has 2 N–H and O–H groups in total. The number of benzene rings is 1. The van der Waals surface area contributed by atoms with Crippen LogP contribution in [0.1, 0.15) is 46.4 Å². The number of aromatic nitrogens is 1. The molecule has 0 atom stereocenters. The van der Waals surface area contributed by atoms with Crippen LogP contribution >= 0.6 is 0 Å². The summed E-state index contributed by atoms with van der Waals surface area (Å²) < 4.78 is 13.1. The van der Waals surface area contributed by atoms with Gasteiger partial charge in [-0.2, -0.15) is 0 Å². The van der Waals surface area contributed by atoms with Crippen molar-refractivity contribution in [2.45, 2.75) is 38.6 Å². The van der Waals surface area contributed by atoms with Crippen LogP contribution in [0, 0.1) is 5.82 Å². The summed E-state index contributed by atoms with van der Waals surface area (Å²) in [6.07, 6.45) is 4.60. The van der Waals surface area contributed by atoms with Crippen LogP contribution in [0.4, 0.5) is 4.39 Å². The van der Waals surface area contributed by atoms with Gasteiger partial charge >= 0.3 is 5.97 Å². The highest BCUT2D eigenvalue weighted by atomic mass is 19.1. The highest BCUT2D eigenvalue weighted by Crippen LogP contribution is 2.19. The minimum absolute atomic E-state index is 0.0259. The number of carbonyl (C=O) groups excluding carboxylic acids is 1. The quantitative estimate of drug-likeness (QED) is 0.789. The van der Waals surface area contributed by atoms with E-state index in [1.807, 2.05) is 0 Å². The topological polar surface area (TPSA) is 90.5 Å². The maximum absolute atomic E-state index is 13.1. The number of halogens is 1. The Kier molecular flexibility index (Phi) is 5.69. The third-order valence-corrected chi connectivity index (χ3v) is 4.72. The van der Waals surface area contributed by atoms with Crippen molar-refractivity contribution in [2.75, 3.05) is 6.54 Å². The lowest BCUT2D eigenvalue weighted by atomic mass is 10.1. The van der Waals surface area contributed by atoms with Gasteiger partial charge in [-0.3, -0.25) is 14.4 Å². The van der Waals surface area contributed by atoms with E-state index in [1.165, 1.54) is 24.3 Å². The van der Waals surface area contributed by atoms with Crippen LogP contribution in [-0.2, 0) is 24.2 Å². The van der Waals surface area contributed by atoms with Gasteiger partial charge in [-0.05, 0) is 55.0 Å². The number of rotatable bonds is 5. The number of aryl methyl sites for hydroxylation is 2. The monoisotopic (exact) mass is 372 g/mol. The van der Waals surface area contributed by atoms with Gasteiger partial charge < -0.3 is 15.0 Å². The second kappa shape index (κ2) is 8.16. The number of amides is 1. The summed E-state index contributed by atoms with van der Waals surface area (Å²) in [5.74, 6) is -2.25. The van der Waals surface area contributed by atoms with Crippen LogP contribution < -0.4 is 5.56 Å². The predicted octanol–water partition coefficient (Wildman–Crippen LogP) is 2.51. The standard InChI is InChI=1S/C20H21FN2O4/c21-15-8-6-13(7-9-15)11-23(12-18(24)25)20(27)16-10-14-4-2-1-3-5-17(14)22-19(16)26/h6-10H,1-5,11-12H2,(H,22,26)(H,24,25). The van der Waals surface area contributed by atoms with E-state index in [4.69, 9.17) is 5.11 Å². The van der Waals surface area contributed by atoms with Gasteiger partial charge in [-0.15, -0.1) is 0 Å². The van der Waals surface area contributed by atoms with E-state index in [1.54, 1.807) is 6.07 Å². The first kappa shape index (κ1) is 18.8. The molecule has 27 heavy (non-hydrogen) atoms. The normalized spacial score (nSPS) is 13.5. The first-order valence-corrected chi connectivity index (χ1v) is 8.94. The lowest BCUT2D eigenvalue weighted by Gasteiger charge is -2.21. The van der Waals surface area contributed by atoms with Crippen LogP contribution in [-0.4, -0.2) is 33.4 Å². The third kappa shape index (κ3) is 4.61. The Morgan fingerprint density at radius 2 is 1.81 bits per heavy atom. The number of hydrogen-bond acceptors (Lipinski definition) is 3. The fourth-order valence-electron chi connectivity index (χ4n) is 3.35. The highest BCUT2D eigenvalue weighted by molar-refractivity contribution is 5.95. The summed E-state index contributed by atoms with van der Waals surface area (Å²) in [4.78, 5) is 40.4. The van der Waals surface area contributed by atoms with E-state index < -0.39 is 29.8 Å². The number of aliphatic carboxylic acids is 1. The maximum Gasteiger partial charge on any atom is 0.323 e. The lowest BCUT2D eigenvalue weighted by molar-refractivity contribution is -0.137. The molecule has 0 radical (unpaired) electrons. The summed E-state index contributed by atoms with van der Waals surface area (Å²) in [5.41, 5.74) is 1.82. The number of nitrogens with one attached hydrogen (secondary N) is 1. The summed E-state index contributed by atoms with van der Waals surface area (Å²) in [7, 11) is 0. The van der Waals surface area contributed by atoms with Gasteiger partial charge in [-0.25, -0.2) is 4.39 Å². The number of pyridine rings is 1. The molecular formula is C20H21FN2O4. The maximum atomic E-state index is 13.1. The Morgan fingerprint density at radius 1 is 1.11 bits per heavy atom. The van der Waals surface area contributed by atoms with E-state index in [-0.39, 0.29) is 12.1 Å². The summed E-state index contributed by atoms with van der Waals surface area (Å²) in [6.45, 7) is -0.575. The summed E-state index contributed by atoms with van der Waals surface area (Å²) in [5, 5.41) is 9.16. The molecule has 0 bridgehead atoms. The van der Waals surface area contributed by atoms with E-state index in [0.29, 0.717) is 5.56 Å². The van der Waals surface area contributed by atoms with Crippen LogP contribution in [0.2, 0.25) is 0 Å². The van der Waals surface area contributed by atoms with E-state index in [0.717, 1.165) is 48.3 Å². The molecule has 7 heteroatoms. The zero-order valence-electron chi connectivity index (χ0n) is 14.8. The molecule has 0 aliphatic heterocycles. The Balaban J connectivity index is 1.91. The van der Waals surface area contributed by atoms with E-state index >= 15 is 0 Å². The van der Waals surface area contributed by atoms with Gasteiger partial charge in [0, 0.05) is 12.2 Å². The van der Waals surface area contributed by atoms with Crippen molar-refractivity contribution in [3.8, 4) is 0 Å². The number of nitrogens with zero attached hydrogens (tertiary/aromatic N) is 1. The predicted molar refractivity (Wildman–Crippen MR) is 97.1 cm³/mol. The zero-order chi connectivity index (χ0) is 19.4. The lowest BCUT2D eigenvalue weighted by Crippen LogP contribution is -2.38. The van der Waals surface area contributed by atoms with Crippen molar-refractivity contribution in [3.05, 3.63) is 68.9 Å². The number of H-pyrrole nitrogens is 1. The molecule has 1 aromatic heterocycles. The first-order valence-electron chi connectivity index (χ1n) is 8.94. The van der Waals surface area contributed by atoms with E-state index in [9.17, 15) is 18.8 Å². The Bertz CT molecular complexity index is 905. The minimum Gasteiger partial charge on any atom is -0.480 e. The molecule has 0 spiro atoms. The smallest absolute Gasteiger partial charge is 0.323 e. The fraction of sp³-hybridized carbons (Fsp3) is 0.350. The summed E-state index contributed by atoms with van der Waals surface area (Å²) in [6, 6.07) is 7.06. The molecule has 0 unspecified atom stereocenters. The molecule has 0 saturated carbocycles. The van der Waals surface area contributed by atoms with Gasteiger partial charge in [0.2, 0.25) is 0 Å². The van der Waals surface area contributed by atoms with Crippen LogP contribution in [0.15, 0.2) is 35.1 Å². The molecule has 6 nitrogen and oxygen atoms in total. The van der Waals surface area contributed by atoms with Crippen LogP contribution in [0.5, 0.6) is 0 Å². The number of fused-ring (bicyclic) bond motifs is 1. The second-order valence-corrected chi connectivity index (χ2v) is 6.76. The fourth-order valence-corrected chi connectivity index (χ4v) is 3.35. The molecule has 1 aromatic carbocycles. The Labute approximate surface area is 155 Å². The number of carboxylic acids is 1. The van der Waals surface area contributed by atoms with Crippen molar-refractivity contribution in [1.82, 2.24) is 9.88 Å². The highest BCUT2D eigenvalue weighted by Gasteiger charge is 2.23. The van der Waals surface area contributed by atoms with Crippen molar-refractivity contribution in [1.29, 1.82) is 0 Å². The van der Waals surface area contributed by atoms with Crippen molar-refractivity contribution in [3.63, 3.8) is 0 Å². The third-order valence-electron chi connectivity index (χ3n) is 4.72. The van der Waals surface area contributed by atoms with E-state index in [2.05, 4.69) is 4.98 Å². The van der Waals surface area contributed by atoms with Crippen molar-refractivity contribution in [2.24, 2.45) is 0 Å². The van der Waals surface area contributed by atoms with Crippen LogP contribution in [0.3, 0.4) is 0 Å². The first-order chi connectivity index (χ1) is 12.9. The van der Waals surface area contributed by atoms with Gasteiger partial charge in [0.15, 0.2) is 0 Å². The zero-order valence-corrected chi connectivity index (χ0v) is 14.8. The average Bonchev–Trinajstić information content (AvgIpc) is 2.86. The Hall–Kier alpha value is -2.96. The van der Waals surface area contributed by atoms with Gasteiger partial charge in [-0.1, -0.05) is 18.6 Å². The average molecular weight is 372 g/mol. The van der Waals surface area contributed by atoms with Crippen LogP contribution in [0.25, 0.3) is 0 Å². The number of aromatic amines is 1. The number of carbonyl (C=O) groups is 2. The minimum atomic E-state index is -1.18. The van der Waals surface area contributed by atoms with Gasteiger partial charge in [0.25, 0.3) is 11.5 Å². The molecule has 2 aromatic rings. The SMILES string of the molecule is O=C(O)CN(Cc1ccc(F)cc1)C(=O)c1cc2c([nH]c1=O)CCCCC2. The van der Waals surface area contributed by atoms with Crippen molar-refractivity contribution < 1.29 is 19.1 Å². The molecule has 3 rings (SSSR count). The molecule has 0 saturated heterocycles.